The topological polar surface area (TPSA) is 37.4 Å². The summed E-state index contributed by atoms with van der Waals surface area (Å²) in [5.74, 6) is 0. The molecule has 0 aliphatic heterocycles. The molecule has 0 N–H and O–H groups in total. The number of halogens is 2. The highest BCUT2D eigenvalue weighted by Crippen LogP contribution is 2.24. The van der Waals surface area contributed by atoms with Gasteiger partial charge in [0.1, 0.15) is 0 Å². The van der Waals surface area contributed by atoms with Crippen LogP contribution in [0.3, 0.4) is 0 Å². The fourth-order valence-electron chi connectivity index (χ4n) is 1.30. The van der Waals surface area contributed by atoms with Crippen LogP contribution in [0.5, 0.6) is 0 Å². The number of nitrogens with zero attached hydrogens (tertiary/aromatic N) is 1. The smallest absolute Gasteiger partial charge is 0.207 e. The quantitative estimate of drug-likeness (QED) is 0.772. The first-order valence-electron chi connectivity index (χ1n) is 5.20. The molecule has 3 nitrogen and oxygen atoms in total. The van der Waals surface area contributed by atoms with E-state index in [0.717, 1.165) is 0 Å². The van der Waals surface area contributed by atoms with E-state index in [1.165, 1.54) is 4.31 Å². The van der Waals surface area contributed by atoms with Crippen molar-refractivity contribution in [3.05, 3.63) is 28.7 Å². The maximum absolute atomic E-state index is 12.2. The van der Waals surface area contributed by atoms with E-state index < -0.39 is 10.0 Å². The summed E-state index contributed by atoms with van der Waals surface area (Å²) in [6, 6.07) is 6.78. The Morgan fingerprint density at radius 3 is 2.53 bits per heavy atom. The Bertz CT molecular complexity index is 476. The van der Waals surface area contributed by atoms with Gasteiger partial charge in [-0.05, 0) is 41.4 Å². The Morgan fingerprint density at radius 2 is 2.00 bits per heavy atom. The van der Waals surface area contributed by atoms with E-state index in [0.29, 0.717) is 17.4 Å². The van der Waals surface area contributed by atoms with Gasteiger partial charge in [-0.1, -0.05) is 12.1 Å². The minimum Gasteiger partial charge on any atom is -0.207 e. The van der Waals surface area contributed by atoms with Crippen molar-refractivity contribution < 1.29 is 8.42 Å². The third-order valence-corrected chi connectivity index (χ3v) is 5.45. The largest absolute Gasteiger partial charge is 0.243 e. The molecule has 0 spiro atoms. The maximum Gasteiger partial charge on any atom is 0.243 e. The second-order valence-corrected chi connectivity index (χ2v) is 7.44. The minimum atomic E-state index is -3.44. The maximum atomic E-state index is 12.2. The van der Waals surface area contributed by atoms with Crippen molar-refractivity contribution in [1.82, 2.24) is 4.31 Å². The Morgan fingerprint density at radius 1 is 1.41 bits per heavy atom. The van der Waals surface area contributed by atoms with Crippen molar-refractivity contribution in [3.63, 3.8) is 0 Å². The standard InChI is InChI=1S/C11H15BrClNO2S/c1-9(13)7-8-14(2)17(15,16)11-6-4-3-5-10(11)12/h3-6,9H,7-8H2,1-2H3. The van der Waals surface area contributed by atoms with Crippen LogP contribution < -0.4 is 0 Å². The number of rotatable bonds is 5. The van der Waals surface area contributed by atoms with Crippen LogP contribution in [0.25, 0.3) is 0 Å². The average Bonchev–Trinajstić information content (AvgIpc) is 2.26. The summed E-state index contributed by atoms with van der Waals surface area (Å²) in [6.07, 6.45) is 0.627. The van der Waals surface area contributed by atoms with Crippen LogP contribution in [0.4, 0.5) is 0 Å². The summed E-state index contributed by atoms with van der Waals surface area (Å²) >= 11 is 9.07. The van der Waals surface area contributed by atoms with E-state index in [4.69, 9.17) is 11.6 Å². The molecule has 0 aliphatic rings. The summed E-state index contributed by atoms with van der Waals surface area (Å²) in [5.41, 5.74) is 0. The SMILES string of the molecule is CC(Cl)CCN(C)S(=O)(=O)c1ccccc1Br. The highest BCUT2D eigenvalue weighted by atomic mass is 79.9. The highest BCUT2D eigenvalue weighted by molar-refractivity contribution is 9.10. The van der Waals surface area contributed by atoms with Gasteiger partial charge in [-0.25, -0.2) is 12.7 Å². The summed E-state index contributed by atoms with van der Waals surface area (Å²) in [6.45, 7) is 2.26. The summed E-state index contributed by atoms with van der Waals surface area (Å²) < 4.78 is 26.3. The lowest BCUT2D eigenvalue weighted by molar-refractivity contribution is 0.460. The zero-order valence-electron chi connectivity index (χ0n) is 9.73. The Hall–Kier alpha value is -0.100. The van der Waals surface area contributed by atoms with E-state index in [9.17, 15) is 8.42 Å². The first kappa shape index (κ1) is 15.0. The molecule has 0 heterocycles. The van der Waals surface area contributed by atoms with Crippen molar-refractivity contribution in [2.24, 2.45) is 0 Å². The predicted octanol–water partition coefficient (Wildman–Crippen LogP) is 3.09. The van der Waals surface area contributed by atoms with Gasteiger partial charge in [0.2, 0.25) is 10.0 Å². The molecule has 1 rings (SSSR count). The Balaban J connectivity index is 2.92. The van der Waals surface area contributed by atoms with Gasteiger partial charge in [0.25, 0.3) is 0 Å². The average molecular weight is 341 g/mol. The first-order chi connectivity index (χ1) is 7.85. The molecule has 0 aromatic heterocycles. The summed E-state index contributed by atoms with van der Waals surface area (Å²) in [5, 5.41) is -0.0353. The number of alkyl halides is 1. The van der Waals surface area contributed by atoms with Gasteiger partial charge in [-0.15, -0.1) is 11.6 Å². The van der Waals surface area contributed by atoms with Crippen LogP contribution in [0.15, 0.2) is 33.6 Å². The lowest BCUT2D eigenvalue weighted by atomic mass is 10.3. The normalized spacial score (nSPS) is 13.9. The molecule has 0 saturated carbocycles. The predicted molar refractivity (Wildman–Crippen MR) is 73.9 cm³/mol. The molecule has 17 heavy (non-hydrogen) atoms. The lowest BCUT2D eigenvalue weighted by Crippen LogP contribution is -2.29. The van der Waals surface area contributed by atoms with Gasteiger partial charge in [0.15, 0.2) is 0 Å². The fourth-order valence-corrected chi connectivity index (χ4v) is 3.54. The number of hydrogen-bond acceptors (Lipinski definition) is 2. The zero-order valence-corrected chi connectivity index (χ0v) is 12.9. The second kappa shape index (κ2) is 6.18. The van der Waals surface area contributed by atoms with Crippen LogP contribution in [-0.2, 0) is 10.0 Å². The van der Waals surface area contributed by atoms with Crippen molar-refractivity contribution in [2.75, 3.05) is 13.6 Å². The van der Waals surface area contributed by atoms with E-state index in [1.54, 1.807) is 31.3 Å². The van der Waals surface area contributed by atoms with Gasteiger partial charge in [-0.3, -0.25) is 0 Å². The van der Waals surface area contributed by atoms with E-state index in [1.807, 2.05) is 6.92 Å². The van der Waals surface area contributed by atoms with E-state index >= 15 is 0 Å². The third-order valence-electron chi connectivity index (χ3n) is 2.37. The molecule has 0 fully saturated rings. The minimum absolute atomic E-state index is 0.0353. The monoisotopic (exact) mass is 339 g/mol. The molecular formula is C11H15BrClNO2S. The molecule has 0 radical (unpaired) electrons. The van der Waals surface area contributed by atoms with Crippen LogP contribution in [-0.4, -0.2) is 31.7 Å². The molecule has 0 aliphatic carbocycles. The van der Waals surface area contributed by atoms with Crippen molar-refractivity contribution in [1.29, 1.82) is 0 Å². The van der Waals surface area contributed by atoms with E-state index in [2.05, 4.69) is 15.9 Å². The molecule has 1 aromatic carbocycles. The van der Waals surface area contributed by atoms with Gasteiger partial charge in [0, 0.05) is 23.4 Å². The number of benzene rings is 1. The van der Waals surface area contributed by atoms with E-state index in [-0.39, 0.29) is 10.3 Å². The molecule has 0 amide bonds. The molecule has 0 saturated heterocycles. The Labute approximate surface area is 116 Å². The molecule has 0 bridgehead atoms. The molecular weight excluding hydrogens is 326 g/mol. The number of sulfonamides is 1. The first-order valence-corrected chi connectivity index (χ1v) is 7.87. The van der Waals surface area contributed by atoms with Crippen molar-refractivity contribution in [3.8, 4) is 0 Å². The Kier molecular flexibility index (Phi) is 5.44. The summed E-state index contributed by atoms with van der Waals surface area (Å²) in [7, 11) is -1.87. The molecule has 6 heteroatoms. The van der Waals surface area contributed by atoms with Crippen molar-refractivity contribution >= 4 is 37.6 Å². The zero-order chi connectivity index (χ0) is 13.1. The lowest BCUT2D eigenvalue weighted by Gasteiger charge is -2.18. The number of hydrogen-bond donors (Lipinski definition) is 0. The van der Waals surface area contributed by atoms with Crippen LogP contribution >= 0.6 is 27.5 Å². The molecule has 96 valence electrons. The molecule has 1 atom stereocenters. The van der Waals surface area contributed by atoms with Gasteiger partial charge < -0.3 is 0 Å². The third kappa shape index (κ3) is 3.95. The van der Waals surface area contributed by atoms with Crippen LogP contribution in [0.2, 0.25) is 0 Å². The molecule has 1 aromatic rings. The van der Waals surface area contributed by atoms with Crippen molar-refractivity contribution in [2.45, 2.75) is 23.6 Å². The summed E-state index contributed by atoms with van der Waals surface area (Å²) in [4.78, 5) is 0.282. The van der Waals surface area contributed by atoms with Crippen LogP contribution in [0.1, 0.15) is 13.3 Å². The highest BCUT2D eigenvalue weighted by Gasteiger charge is 2.22. The van der Waals surface area contributed by atoms with Gasteiger partial charge in [-0.2, -0.15) is 0 Å². The van der Waals surface area contributed by atoms with Gasteiger partial charge in [0.05, 0.1) is 4.90 Å². The van der Waals surface area contributed by atoms with Crippen LogP contribution in [0, 0.1) is 0 Å². The van der Waals surface area contributed by atoms with Gasteiger partial charge >= 0.3 is 0 Å². The second-order valence-electron chi connectivity index (χ2n) is 3.83. The molecule has 1 unspecified atom stereocenters. The fraction of sp³-hybridized carbons (Fsp3) is 0.455.